The number of ketones is 1. The van der Waals surface area contributed by atoms with Crippen molar-refractivity contribution in [3.05, 3.63) is 62.7 Å². The molecule has 4 nitrogen and oxygen atoms in total. The lowest BCUT2D eigenvalue weighted by atomic mass is 10.1. The van der Waals surface area contributed by atoms with E-state index in [1.807, 2.05) is 12.1 Å². The Bertz CT molecular complexity index is 725. The highest BCUT2D eigenvalue weighted by atomic mass is 127. The molecule has 2 aromatic rings. The number of rotatable bonds is 6. The minimum absolute atomic E-state index is 0.0306. The number of esters is 1. The number of carbonyl (C=O) groups excluding carboxylic acids is 2. The van der Waals surface area contributed by atoms with E-state index in [0.29, 0.717) is 30.1 Å². The molecule has 23 heavy (non-hydrogen) atoms. The van der Waals surface area contributed by atoms with Crippen molar-refractivity contribution in [2.24, 2.45) is 0 Å². The summed E-state index contributed by atoms with van der Waals surface area (Å²) in [5.41, 5.74) is 2.07. The number of hydrogen-bond acceptors (Lipinski definition) is 4. The van der Waals surface area contributed by atoms with Gasteiger partial charge in [0.25, 0.3) is 0 Å². The Balaban J connectivity index is 2.06. The van der Waals surface area contributed by atoms with Gasteiger partial charge in [-0.3, -0.25) is 4.79 Å². The van der Waals surface area contributed by atoms with Crippen LogP contribution in [-0.4, -0.2) is 18.4 Å². The summed E-state index contributed by atoms with van der Waals surface area (Å²) < 4.78 is 11.6. The third kappa shape index (κ3) is 4.79. The van der Waals surface area contributed by atoms with Gasteiger partial charge in [-0.15, -0.1) is 0 Å². The predicted octanol–water partition coefficient (Wildman–Crippen LogP) is 4.25. The van der Waals surface area contributed by atoms with Crippen molar-refractivity contribution in [1.82, 2.24) is 0 Å². The molecular formula is C18H17IO4. The average Bonchev–Trinajstić information content (AvgIpc) is 2.53. The van der Waals surface area contributed by atoms with Crippen molar-refractivity contribution < 1.29 is 19.1 Å². The molecule has 0 heterocycles. The number of Topliss-reactive ketones (excluding diaryl/α,β-unsaturated/α-hetero) is 1. The minimum atomic E-state index is -0.338. The van der Waals surface area contributed by atoms with Crippen LogP contribution in [0, 0.1) is 3.57 Å². The van der Waals surface area contributed by atoms with Gasteiger partial charge in [0.15, 0.2) is 5.78 Å². The molecule has 5 heteroatoms. The van der Waals surface area contributed by atoms with Crippen LogP contribution in [0.1, 0.15) is 40.1 Å². The standard InChI is InChI=1S/C18H17IO4/c1-3-22-18(21)14-6-4-5-13(9-14)11-23-15-7-8-16(12(2)20)17(19)10-15/h4-10H,3,11H2,1-2H3. The van der Waals surface area contributed by atoms with E-state index in [1.54, 1.807) is 44.2 Å². The number of hydrogen-bond donors (Lipinski definition) is 0. The first-order valence-corrected chi connectivity index (χ1v) is 8.28. The molecule has 0 radical (unpaired) electrons. The third-order valence-corrected chi connectivity index (χ3v) is 4.06. The summed E-state index contributed by atoms with van der Waals surface area (Å²) in [5, 5.41) is 0. The quantitative estimate of drug-likeness (QED) is 0.395. The molecule has 0 amide bonds. The zero-order valence-electron chi connectivity index (χ0n) is 13.0. The fraction of sp³-hybridized carbons (Fsp3) is 0.222. The molecule has 0 bridgehead atoms. The monoisotopic (exact) mass is 424 g/mol. The third-order valence-electron chi connectivity index (χ3n) is 3.16. The molecule has 0 aliphatic rings. The van der Waals surface area contributed by atoms with Crippen molar-refractivity contribution in [1.29, 1.82) is 0 Å². The van der Waals surface area contributed by atoms with Crippen molar-refractivity contribution in [3.8, 4) is 5.75 Å². The van der Waals surface area contributed by atoms with Crippen LogP contribution < -0.4 is 4.74 Å². The van der Waals surface area contributed by atoms with E-state index in [9.17, 15) is 9.59 Å². The van der Waals surface area contributed by atoms with Gasteiger partial charge in [0, 0.05) is 9.13 Å². The second-order valence-electron chi connectivity index (χ2n) is 4.91. The maximum absolute atomic E-state index is 11.7. The van der Waals surface area contributed by atoms with Gasteiger partial charge in [-0.25, -0.2) is 4.79 Å². The normalized spacial score (nSPS) is 10.2. The summed E-state index contributed by atoms with van der Waals surface area (Å²) in [6.07, 6.45) is 0. The predicted molar refractivity (Wildman–Crippen MR) is 95.9 cm³/mol. The summed E-state index contributed by atoms with van der Waals surface area (Å²) in [6.45, 7) is 4.00. The summed E-state index contributed by atoms with van der Waals surface area (Å²) in [7, 11) is 0. The van der Waals surface area contributed by atoms with Gasteiger partial charge >= 0.3 is 5.97 Å². The molecule has 0 fully saturated rings. The smallest absolute Gasteiger partial charge is 0.338 e. The molecule has 0 saturated carbocycles. The summed E-state index contributed by atoms with van der Waals surface area (Å²) in [5.74, 6) is 0.374. The summed E-state index contributed by atoms with van der Waals surface area (Å²) in [6, 6.07) is 12.5. The van der Waals surface area contributed by atoms with Gasteiger partial charge in [0.1, 0.15) is 12.4 Å². The Morgan fingerprint density at radius 2 is 1.91 bits per heavy atom. The molecule has 0 aromatic heterocycles. The van der Waals surface area contributed by atoms with E-state index in [4.69, 9.17) is 9.47 Å². The fourth-order valence-corrected chi connectivity index (χ4v) is 2.91. The van der Waals surface area contributed by atoms with Crippen LogP contribution in [0.4, 0.5) is 0 Å². The maximum atomic E-state index is 11.7. The van der Waals surface area contributed by atoms with Gasteiger partial charge in [0.05, 0.1) is 12.2 Å². The molecule has 0 atom stereocenters. The van der Waals surface area contributed by atoms with Crippen LogP contribution in [0.25, 0.3) is 0 Å². The maximum Gasteiger partial charge on any atom is 0.338 e. The Morgan fingerprint density at radius 3 is 2.57 bits per heavy atom. The minimum Gasteiger partial charge on any atom is -0.489 e. The van der Waals surface area contributed by atoms with E-state index in [2.05, 4.69) is 22.6 Å². The van der Waals surface area contributed by atoms with Gasteiger partial charge in [-0.1, -0.05) is 12.1 Å². The highest BCUT2D eigenvalue weighted by Crippen LogP contribution is 2.21. The zero-order valence-corrected chi connectivity index (χ0v) is 15.1. The first-order chi connectivity index (χ1) is 11.0. The van der Waals surface area contributed by atoms with Gasteiger partial charge in [0.2, 0.25) is 0 Å². The molecule has 0 aliphatic heterocycles. The molecule has 0 aliphatic carbocycles. The molecular weight excluding hydrogens is 407 g/mol. The number of ether oxygens (including phenoxy) is 2. The van der Waals surface area contributed by atoms with Crippen molar-refractivity contribution in [3.63, 3.8) is 0 Å². The fourth-order valence-electron chi connectivity index (χ4n) is 2.04. The Hall–Kier alpha value is -1.89. The van der Waals surface area contributed by atoms with E-state index in [1.165, 1.54) is 0 Å². The molecule has 0 N–H and O–H groups in total. The first-order valence-electron chi connectivity index (χ1n) is 7.20. The lowest BCUT2D eigenvalue weighted by Gasteiger charge is -2.09. The van der Waals surface area contributed by atoms with Crippen LogP contribution in [0.5, 0.6) is 5.75 Å². The van der Waals surface area contributed by atoms with Crippen LogP contribution in [0.2, 0.25) is 0 Å². The lowest BCUT2D eigenvalue weighted by molar-refractivity contribution is 0.0526. The molecule has 120 valence electrons. The number of halogens is 1. The SMILES string of the molecule is CCOC(=O)c1cccc(COc2ccc(C(C)=O)c(I)c2)c1. The first kappa shape index (κ1) is 17.5. The highest BCUT2D eigenvalue weighted by Gasteiger charge is 2.08. The van der Waals surface area contributed by atoms with Crippen LogP contribution >= 0.6 is 22.6 Å². The summed E-state index contributed by atoms with van der Waals surface area (Å²) in [4.78, 5) is 23.1. The van der Waals surface area contributed by atoms with Crippen molar-refractivity contribution >= 4 is 34.3 Å². The number of carbonyl (C=O) groups is 2. The van der Waals surface area contributed by atoms with Gasteiger partial charge < -0.3 is 9.47 Å². The van der Waals surface area contributed by atoms with E-state index >= 15 is 0 Å². The molecule has 0 spiro atoms. The van der Waals surface area contributed by atoms with Crippen molar-refractivity contribution in [2.45, 2.75) is 20.5 Å². The summed E-state index contributed by atoms with van der Waals surface area (Å²) >= 11 is 2.12. The second kappa shape index (κ2) is 8.10. The van der Waals surface area contributed by atoms with E-state index in [-0.39, 0.29) is 11.8 Å². The Labute approximate surface area is 148 Å². The Morgan fingerprint density at radius 1 is 1.13 bits per heavy atom. The topological polar surface area (TPSA) is 52.6 Å². The molecule has 0 unspecified atom stereocenters. The van der Waals surface area contributed by atoms with Crippen LogP contribution in [0.15, 0.2) is 42.5 Å². The zero-order chi connectivity index (χ0) is 16.8. The second-order valence-corrected chi connectivity index (χ2v) is 6.07. The van der Waals surface area contributed by atoms with E-state index < -0.39 is 0 Å². The van der Waals surface area contributed by atoms with Gasteiger partial charge in [-0.2, -0.15) is 0 Å². The van der Waals surface area contributed by atoms with Crippen LogP contribution in [0.3, 0.4) is 0 Å². The Kier molecular flexibility index (Phi) is 6.15. The lowest BCUT2D eigenvalue weighted by Crippen LogP contribution is -2.06. The van der Waals surface area contributed by atoms with E-state index in [0.717, 1.165) is 9.13 Å². The highest BCUT2D eigenvalue weighted by molar-refractivity contribution is 14.1. The van der Waals surface area contributed by atoms with Gasteiger partial charge in [-0.05, 0) is 72.3 Å². The molecule has 2 rings (SSSR count). The van der Waals surface area contributed by atoms with Crippen molar-refractivity contribution in [2.75, 3.05) is 6.61 Å². The molecule has 0 saturated heterocycles. The molecule has 2 aromatic carbocycles. The van der Waals surface area contributed by atoms with Crippen LogP contribution in [-0.2, 0) is 11.3 Å². The average molecular weight is 424 g/mol. The largest absolute Gasteiger partial charge is 0.489 e. The number of benzene rings is 2.